The van der Waals surface area contributed by atoms with Gasteiger partial charge in [-0.05, 0) is 31.7 Å². The Balaban J connectivity index is 1.59. The molecule has 2 heterocycles. The molecular formula is C18H22N4O. The van der Waals surface area contributed by atoms with Gasteiger partial charge in [-0.3, -0.25) is 4.79 Å². The molecule has 120 valence electrons. The second-order valence-corrected chi connectivity index (χ2v) is 5.99. The van der Waals surface area contributed by atoms with Crippen molar-refractivity contribution < 1.29 is 4.79 Å². The van der Waals surface area contributed by atoms with Crippen LogP contribution in [0.1, 0.15) is 40.7 Å². The summed E-state index contributed by atoms with van der Waals surface area (Å²) in [5, 5.41) is 2.91. The molecule has 1 aliphatic heterocycles. The van der Waals surface area contributed by atoms with Gasteiger partial charge in [0.25, 0.3) is 5.91 Å². The van der Waals surface area contributed by atoms with Gasteiger partial charge in [0, 0.05) is 32.0 Å². The molecule has 2 aromatic rings. The lowest BCUT2D eigenvalue weighted by molar-refractivity contribution is 0.0950. The smallest absolute Gasteiger partial charge is 0.254 e. The second-order valence-electron chi connectivity index (χ2n) is 5.99. The van der Waals surface area contributed by atoms with Gasteiger partial charge in [-0.2, -0.15) is 0 Å². The third-order valence-electron chi connectivity index (χ3n) is 4.07. The van der Waals surface area contributed by atoms with E-state index in [1.54, 1.807) is 12.4 Å². The summed E-state index contributed by atoms with van der Waals surface area (Å²) in [6.07, 6.45) is 6.87. The van der Waals surface area contributed by atoms with Crippen LogP contribution in [0.2, 0.25) is 0 Å². The van der Waals surface area contributed by atoms with E-state index in [2.05, 4.69) is 26.3 Å². The Morgan fingerprint density at radius 3 is 2.61 bits per heavy atom. The van der Waals surface area contributed by atoms with Crippen LogP contribution in [0.25, 0.3) is 0 Å². The van der Waals surface area contributed by atoms with Crippen molar-refractivity contribution in [2.24, 2.45) is 0 Å². The minimum atomic E-state index is -0.142. The summed E-state index contributed by atoms with van der Waals surface area (Å²) in [5.41, 5.74) is 2.77. The number of anilines is 1. The molecule has 1 fully saturated rings. The Hall–Kier alpha value is -2.43. The van der Waals surface area contributed by atoms with Crippen LogP contribution in [-0.4, -0.2) is 29.0 Å². The Kier molecular flexibility index (Phi) is 4.86. The van der Waals surface area contributed by atoms with Crippen molar-refractivity contribution in [2.75, 3.05) is 18.0 Å². The van der Waals surface area contributed by atoms with E-state index in [0.29, 0.717) is 12.1 Å². The molecule has 1 amide bonds. The summed E-state index contributed by atoms with van der Waals surface area (Å²) in [6.45, 7) is 4.55. The zero-order valence-electron chi connectivity index (χ0n) is 13.5. The lowest BCUT2D eigenvalue weighted by Crippen LogP contribution is -2.31. The fourth-order valence-electron chi connectivity index (χ4n) is 2.80. The van der Waals surface area contributed by atoms with Crippen LogP contribution in [0.15, 0.2) is 36.7 Å². The summed E-state index contributed by atoms with van der Waals surface area (Å²) in [4.78, 5) is 23.1. The van der Waals surface area contributed by atoms with Gasteiger partial charge >= 0.3 is 0 Å². The van der Waals surface area contributed by atoms with E-state index in [-0.39, 0.29) is 5.91 Å². The molecule has 0 bridgehead atoms. The van der Waals surface area contributed by atoms with E-state index in [9.17, 15) is 4.79 Å². The first-order valence-corrected chi connectivity index (χ1v) is 8.13. The maximum atomic E-state index is 12.2. The summed E-state index contributed by atoms with van der Waals surface area (Å²) in [7, 11) is 0. The molecule has 1 saturated heterocycles. The van der Waals surface area contributed by atoms with Gasteiger partial charge in [0.15, 0.2) is 0 Å². The third kappa shape index (κ3) is 4.06. The Morgan fingerprint density at radius 2 is 1.91 bits per heavy atom. The van der Waals surface area contributed by atoms with E-state index in [4.69, 9.17) is 0 Å². The molecule has 1 aromatic heterocycles. The normalized spacial score (nSPS) is 14.6. The first-order valence-electron chi connectivity index (χ1n) is 8.13. The SMILES string of the molecule is Cc1cccc(CNC(=O)c2cnc(N3CCCCC3)nc2)c1. The van der Waals surface area contributed by atoms with Gasteiger partial charge < -0.3 is 10.2 Å². The average molecular weight is 310 g/mol. The van der Waals surface area contributed by atoms with Gasteiger partial charge in [-0.15, -0.1) is 0 Å². The number of carbonyl (C=O) groups excluding carboxylic acids is 1. The van der Waals surface area contributed by atoms with E-state index < -0.39 is 0 Å². The number of nitrogens with one attached hydrogen (secondary N) is 1. The number of hydrogen-bond acceptors (Lipinski definition) is 4. The minimum Gasteiger partial charge on any atom is -0.348 e. The predicted molar refractivity (Wildman–Crippen MR) is 90.4 cm³/mol. The van der Waals surface area contributed by atoms with Crippen LogP contribution in [0, 0.1) is 6.92 Å². The highest BCUT2D eigenvalue weighted by atomic mass is 16.1. The quantitative estimate of drug-likeness (QED) is 0.943. The number of nitrogens with zero attached hydrogens (tertiary/aromatic N) is 3. The number of hydrogen-bond donors (Lipinski definition) is 1. The van der Waals surface area contributed by atoms with Crippen molar-refractivity contribution >= 4 is 11.9 Å². The number of rotatable bonds is 4. The van der Waals surface area contributed by atoms with Crippen molar-refractivity contribution in [3.63, 3.8) is 0 Å². The lowest BCUT2D eigenvalue weighted by atomic mass is 10.1. The molecule has 1 aromatic carbocycles. The van der Waals surface area contributed by atoms with E-state index >= 15 is 0 Å². The molecule has 1 aliphatic rings. The van der Waals surface area contributed by atoms with Gasteiger partial charge in [-0.1, -0.05) is 29.8 Å². The lowest BCUT2D eigenvalue weighted by Gasteiger charge is -2.26. The molecule has 5 heteroatoms. The molecular weight excluding hydrogens is 288 g/mol. The maximum Gasteiger partial charge on any atom is 0.254 e. The molecule has 0 spiro atoms. The highest BCUT2D eigenvalue weighted by molar-refractivity contribution is 5.93. The van der Waals surface area contributed by atoms with Crippen LogP contribution in [0.3, 0.4) is 0 Å². The van der Waals surface area contributed by atoms with Crippen molar-refractivity contribution in [1.29, 1.82) is 0 Å². The van der Waals surface area contributed by atoms with Crippen molar-refractivity contribution in [3.8, 4) is 0 Å². The van der Waals surface area contributed by atoms with Crippen LogP contribution >= 0.6 is 0 Å². The largest absolute Gasteiger partial charge is 0.348 e. The Morgan fingerprint density at radius 1 is 1.17 bits per heavy atom. The molecule has 1 N–H and O–H groups in total. The number of aromatic nitrogens is 2. The van der Waals surface area contributed by atoms with Gasteiger partial charge in [-0.25, -0.2) is 9.97 Å². The number of benzene rings is 1. The summed E-state index contributed by atoms with van der Waals surface area (Å²) < 4.78 is 0. The molecule has 0 aliphatic carbocycles. The number of amides is 1. The van der Waals surface area contributed by atoms with E-state index in [1.807, 2.05) is 25.1 Å². The fourth-order valence-corrected chi connectivity index (χ4v) is 2.80. The molecule has 0 unspecified atom stereocenters. The van der Waals surface area contributed by atoms with E-state index in [1.165, 1.54) is 24.8 Å². The van der Waals surface area contributed by atoms with Gasteiger partial charge in [0.2, 0.25) is 5.95 Å². The van der Waals surface area contributed by atoms with Crippen LogP contribution in [0.4, 0.5) is 5.95 Å². The molecule has 3 rings (SSSR count). The van der Waals surface area contributed by atoms with Crippen molar-refractivity contribution in [2.45, 2.75) is 32.7 Å². The second kappa shape index (κ2) is 7.22. The highest BCUT2D eigenvalue weighted by Gasteiger charge is 2.14. The number of piperidine rings is 1. The minimum absolute atomic E-state index is 0.142. The maximum absolute atomic E-state index is 12.2. The summed E-state index contributed by atoms with van der Waals surface area (Å²) in [6, 6.07) is 8.10. The first-order chi connectivity index (χ1) is 11.2. The van der Waals surface area contributed by atoms with Gasteiger partial charge in [0.1, 0.15) is 0 Å². The molecule has 0 saturated carbocycles. The van der Waals surface area contributed by atoms with Crippen LogP contribution in [0.5, 0.6) is 0 Å². The molecule has 0 atom stereocenters. The molecule has 0 radical (unpaired) electrons. The zero-order chi connectivity index (χ0) is 16.1. The summed E-state index contributed by atoms with van der Waals surface area (Å²) >= 11 is 0. The van der Waals surface area contributed by atoms with E-state index in [0.717, 1.165) is 24.6 Å². The Bertz CT molecular complexity index is 663. The first kappa shape index (κ1) is 15.5. The number of carbonyl (C=O) groups is 1. The van der Waals surface area contributed by atoms with Crippen molar-refractivity contribution in [3.05, 3.63) is 53.3 Å². The third-order valence-corrected chi connectivity index (χ3v) is 4.07. The predicted octanol–water partition coefficient (Wildman–Crippen LogP) is 2.71. The highest BCUT2D eigenvalue weighted by Crippen LogP contribution is 2.15. The topological polar surface area (TPSA) is 58.1 Å². The van der Waals surface area contributed by atoms with Gasteiger partial charge in [0.05, 0.1) is 5.56 Å². The molecule has 5 nitrogen and oxygen atoms in total. The zero-order valence-corrected chi connectivity index (χ0v) is 13.5. The van der Waals surface area contributed by atoms with Crippen LogP contribution < -0.4 is 10.2 Å². The summed E-state index contributed by atoms with van der Waals surface area (Å²) in [5.74, 6) is 0.580. The van der Waals surface area contributed by atoms with Crippen LogP contribution in [-0.2, 0) is 6.54 Å². The monoisotopic (exact) mass is 310 g/mol. The van der Waals surface area contributed by atoms with Crippen molar-refractivity contribution in [1.82, 2.24) is 15.3 Å². The molecule has 23 heavy (non-hydrogen) atoms. The number of aryl methyl sites for hydroxylation is 1. The average Bonchev–Trinajstić information content (AvgIpc) is 2.61. The fraction of sp³-hybridized carbons (Fsp3) is 0.389. The Labute approximate surface area is 136 Å². The standard InChI is InChI=1S/C18H22N4O/c1-14-6-5-7-15(10-14)11-19-17(23)16-12-20-18(21-13-16)22-8-3-2-4-9-22/h5-7,10,12-13H,2-4,8-9,11H2,1H3,(H,19,23).